The molecule has 4 heteroatoms. The van der Waals surface area contributed by atoms with Crippen molar-refractivity contribution in [1.29, 1.82) is 0 Å². The van der Waals surface area contributed by atoms with Crippen molar-refractivity contribution in [3.05, 3.63) is 0 Å². The summed E-state index contributed by atoms with van der Waals surface area (Å²) in [6.45, 7) is 14.6. The van der Waals surface area contributed by atoms with E-state index in [1.54, 1.807) is 0 Å². The Morgan fingerprint density at radius 2 is 1.60 bits per heavy atom. The zero-order valence-corrected chi connectivity index (χ0v) is 13.1. The minimum Gasteiger partial charge on any atom is -0.528 e. The van der Waals surface area contributed by atoms with Gasteiger partial charge in [-0.05, 0) is 34.6 Å². The summed E-state index contributed by atoms with van der Waals surface area (Å²) in [6.07, 6.45) is 0. The molecule has 0 amide bonds. The highest BCUT2D eigenvalue weighted by molar-refractivity contribution is 6.06. The number of nitrogens with zero attached hydrogens (tertiary/aromatic N) is 1. The number of quaternary nitrogens is 1. The second-order valence-corrected chi connectivity index (χ2v) is 5.23. The molecule has 0 bridgehead atoms. The maximum Gasteiger partial charge on any atom is 0.303 e. The van der Waals surface area contributed by atoms with Crippen LogP contribution in [0.25, 0.3) is 0 Å². The first kappa shape index (κ1) is 14.6. The van der Waals surface area contributed by atoms with Crippen LogP contribution >= 0.6 is 0 Å². The standard InChI is InChI=1S/C11H26NO2Si/c1-6-12(7-2,8-3)9-11(4,5)10(13)14-15/h6-9H2,1-5,15H3/q+1. The van der Waals surface area contributed by atoms with Gasteiger partial charge in [-0.1, -0.05) is 0 Å². The molecule has 0 rings (SSSR count). The quantitative estimate of drug-likeness (QED) is 0.498. The third kappa shape index (κ3) is 3.61. The van der Waals surface area contributed by atoms with E-state index in [-0.39, 0.29) is 11.4 Å². The van der Waals surface area contributed by atoms with Gasteiger partial charge in [0.05, 0.1) is 26.2 Å². The van der Waals surface area contributed by atoms with Crippen LogP contribution in [0.1, 0.15) is 34.6 Å². The van der Waals surface area contributed by atoms with Gasteiger partial charge in [-0.25, -0.2) is 0 Å². The molecule has 0 heterocycles. The molecule has 0 aliphatic heterocycles. The Morgan fingerprint density at radius 1 is 1.20 bits per heavy atom. The highest BCUT2D eigenvalue weighted by Gasteiger charge is 2.37. The maximum atomic E-state index is 11.7. The summed E-state index contributed by atoms with van der Waals surface area (Å²) in [7, 11) is 0.493. The van der Waals surface area contributed by atoms with Crippen LogP contribution in [0.15, 0.2) is 0 Å². The monoisotopic (exact) mass is 232 g/mol. The first-order valence-electron chi connectivity index (χ1n) is 5.81. The first-order chi connectivity index (χ1) is 6.87. The van der Waals surface area contributed by atoms with Crippen molar-refractivity contribution < 1.29 is 13.7 Å². The predicted molar refractivity (Wildman–Crippen MR) is 66.6 cm³/mol. The molecule has 0 spiro atoms. The van der Waals surface area contributed by atoms with E-state index in [1.807, 2.05) is 13.8 Å². The van der Waals surface area contributed by atoms with Crippen LogP contribution in [0.3, 0.4) is 0 Å². The lowest BCUT2D eigenvalue weighted by Crippen LogP contribution is -2.54. The molecule has 0 atom stereocenters. The maximum absolute atomic E-state index is 11.7. The lowest BCUT2D eigenvalue weighted by atomic mass is 9.91. The minimum absolute atomic E-state index is 0.0491. The molecule has 0 unspecified atom stereocenters. The molecule has 0 fully saturated rings. The highest BCUT2D eigenvalue weighted by atomic mass is 28.2. The summed E-state index contributed by atoms with van der Waals surface area (Å²) >= 11 is 0. The highest BCUT2D eigenvalue weighted by Crippen LogP contribution is 2.23. The molecular formula is C11H26NO2Si+. The van der Waals surface area contributed by atoms with E-state index in [2.05, 4.69) is 20.8 Å². The molecule has 0 aromatic carbocycles. The molecule has 0 saturated heterocycles. The van der Waals surface area contributed by atoms with Gasteiger partial charge in [0, 0.05) is 0 Å². The van der Waals surface area contributed by atoms with Crippen molar-refractivity contribution in [2.75, 3.05) is 26.2 Å². The zero-order valence-electron chi connectivity index (χ0n) is 11.1. The molecule has 0 aromatic heterocycles. The van der Waals surface area contributed by atoms with Gasteiger partial charge < -0.3 is 8.91 Å². The topological polar surface area (TPSA) is 26.3 Å². The fourth-order valence-corrected chi connectivity index (χ4v) is 2.74. The second-order valence-electron chi connectivity index (χ2n) is 4.82. The molecule has 0 aliphatic carbocycles. The summed E-state index contributed by atoms with van der Waals surface area (Å²) in [5.41, 5.74) is -0.357. The predicted octanol–water partition coefficient (Wildman–Crippen LogP) is 0.713. The van der Waals surface area contributed by atoms with Crippen LogP contribution in [0.5, 0.6) is 0 Å². The normalized spacial score (nSPS) is 12.9. The van der Waals surface area contributed by atoms with Crippen LogP contribution in [-0.4, -0.2) is 47.1 Å². The fraction of sp³-hybridized carbons (Fsp3) is 0.909. The summed E-state index contributed by atoms with van der Waals surface area (Å²) in [5.74, 6) is -0.0491. The van der Waals surface area contributed by atoms with Gasteiger partial charge in [0.2, 0.25) is 10.5 Å². The van der Waals surface area contributed by atoms with Gasteiger partial charge in [0.25, 0.3) is 0 Å². The number of carbonyl (C=O) groups excluding carboxylic acids is 1. The van der Waals surface area contributed by atoms with Crippen molar-refractivity contribution in [1.82, 2.24) is 0 Å². The van der Waals surface area contributed by atoms with E-state index in [4.69, 9.17) is 4.43 Å². The van der Waals surface area contributed by atoms with E-state index < -0.39 is 0 Å². The SMILES string of the molecule is CC[N+](CC)(CC)CC(C)(C)C(=O)O[SiH3]. The minimum atomic E-state index is -0.357. The van der Waals surface area contributed by atoms with E-state index in [0.29, 0.717) is 10.5 Å². The fourth-order valence-electron chi connectivity index (χ4n) is 2.19. The Balaban J connectivity index is 4.73. The lowest BCUT2D eigenvalue weighted by Gasteiger charge is -2.40. The Morgan fingerprint density at radius 3 is 1.87 bits per heavy atom. The third-order valence-electron chi connectivity index (χ3n) is 3.48. The van der Waals surface area contributed by atoms with Gasteiger partial charge in [-0.15, -0.1) is 0 Å². The van der Waals surface area contributed by atoms with Crippen LogP contribution in [0.4, 0.5) is 0 Å². The Bertz CT molecular complexity index is 204. The third-order valence-corrected chi connectivity index (χ3v) is 3.85. The molecule has 3 nitrogen and oxygen atoms in total. The molecule has 0 aromatic rings. The second kappa shape index (κ2) is 5.65. The van der Waals surface area contributed by atoms with E-state index >= 15 is 0 Å². The Labute approximate surface area is 96.9 Å². The van der Waals surface area contributed by atoms with E-state index in [1.165, 1.54) is 0 Å². The summed E-state index contributed by atoms with van der Waals surface area (Å²) in [6, 6.07) is 0. The van der Waals surface area contributed by atoms with Crippen molar-refractivity contribution in [3.63, 3.8) is 0 Å². The number of hydrogen-bond donors (Lipinski definition) is 0. The van der Waals surface area contributed by atoms with Gasteiger partial charge in [0.15, 0.2) is 0 Å². The van der Waals surface area contributed by atoms with E-state index in [0.717, 1.165) is 30.7 Å². The van der Waals surface area contributed by atoms with Gasteiger partial charge >= 0.3 is 5.97 Å². The average Bonchev–Trinajstić information content (AvgIpc) is 2.24. The molecule has 0 radical (unpaired) electrons. The summed E-state index contributed by atoms with van der Waals surface area (Å²) in [5, 5.41) is 0. The number of carbonyl (C=O) groups is 1. The van der Waals surface area contributed by atoms with Crippen molar-refractivity contribution in [2.24, 2.45) is 5.41 Å². The van der Waals surface area contributed by atoms with Crippen LogP contribution in [0.2, 0.25) is 0 Å². The molecule has 0 saturated carbocycles. The van der Waals surface area contributed by atoms with Crippen molar-refractivity contribution in [3.8, 4) is 0 Å². The smallest absolute Gasteiger partial charge is 0.303 e. The largest absolute Gasteiger partial charge is 0.528 e. The van der Waals surface area contributed by atoms with Crippen LogP contribution in [-0.2, 0) is 9.22 Å². The molecule has 0 N–H and O–H groups in total. The Hall–Kier alpha value is -0.353. The molecule has 90 valence electrons. The van der Waals surface area contributed by atoms with Crippen molar-refractivity contribution >= 4 is 16.5 Å². The first-order valence-corrected chi connectivity index (χ1v) is 6.62. The summed E-state index contributed by atoms with van der Waals surface area (Å²) < 4.78 is 5.97. The van der Waals surface area contributed by atoms with Gasteiger partial charge in [-0.3, -0.25) is 4.79 Å². The van der Waals surface area contributed by atoms with Crippen LogP contribution in [0, 0.1) is 5.41 Å². The number of rotatable bonds is 6. The summed E-state index contributed by atoms with van der Waals surface area (Å²) in [4.78, 5) is 11.7. The molecule has 0 aliphatic rings. The Kier molecular flexibility index (Phi) is 5.52. The van der Waals surface area contributed by atoms with Crippen molar-refractivity contribution in [2.45, 2.75) is 34.6 Å². The van der Waals surface area contributed by atoms with Gasteiger partial charge in [0.1, 0.15) is 5.41 Å². The van der Waals surface area contributed by atoms with E-state index in [9.17, 15) is 4.79 Å². The lowest BCUT2D eigenvalue weighted by molar-refractivity contribution is -0.927. The van der Waals surface area contributed by atoms with Crippen LogP contribution < -0.4 is 0 Å². The molecule has 15 heavy (non-hydrogen) atoms. The average molecular weight is 232 g/mol. The van der Waals surface area contributed by atoms with Gasteiger partial charge in [-0.2, -0.15) is 0 Å². The molecular weight excluding hydrogens is 206 g/mol. The zero-order chi connectivity index (χ0) is 12.1. The number of hydrogen-bond acceptors (Lipinski definition) is 2.